The molecule has 1 atom stereocenters. The summed E-state index contributed by atoms with van der Waals surface area (Å²) in [7, 11) is -1.26. The summed E-state index contributed by atoms with van der Waals surface area (Å²) in [6, 6.07) is 29.0. The van der Waals surface area contributed by atoms with Crippen molar-refractivity contribution in [3.63, 3.8) is 0 Å². The number of aryl methyl sites for hydroxylation is 1. The van der Waals surface area contributed by atoms with Crippen LogP contribution >= 0.6 is 15.9 Å². The minimum atomic E-state index is -4.22. The number of likely N-dealkylation sites (N-methyl/N-ethyl adjacent to an activating group) is 1. The molecule has 1 unspecified atom stereocenters. The zero-order chi connectivity index (χ0) is 31.0. The first-order valence-corrected chi connectivity index (χ1v) is 15.9. The van der Waals surface area contributed by atoms with Crippen molar-refractivity contribution in [3.05, 3.63) is 124 Å². The van der Waals surface area contributed by atoms with Gasteiger partial charge in [-0.2, -0.15) is 0 Å². The van der Waals surface area contributed by atoms with Gasteiger partial charge in [-0.05, 0) is 54.4 Å². The van der Waals surface area contributed by atoms with Gasteiger partial charge in [0.05, 0.1) is 17.7 Å². The summed E-state index contributed by atoms with van der Waals surface area (Å²) in [5.74, 6) is -0.619. The molecule has 0 aliphatic heterocycles. The van der Waals surface area contributed by atoms with E-state index in [-0.39, 0.29) is 35.2 Å². The van der Waals surface area contributed by atoms with Crippen molar-refractivity contribution in [2.24, 2.45) is 0 Å². The predicted octanol–water partition coefficient (Wildman–Crippen LogP) is 5.35. The third-order valence-electron chi connectivity index (χ3n) is 7.03. The number of sulfonamides is 1. The number of carbonyl (C=O) groups excluding carboxylic acids is 2. The second-order valence-electron chi connectivity index (χ2n) is 9.96. The lowest BCUT2D eigenvalue weighted by Gasteiger charge is -2.34. The monoisotopic (exact) mass is 663 g/mol. The van der Waals surface area contributed by atoms with E-state index in [0.717, 1.165) is 25.5 Å². The highest BCUT2D eigenvalue weighted by molar-refractivity contribution is 9.10. The van der Waals surface area contributed by atoms with Gasteiger partial charge in [0, 0.05) is 24.5 Å². The van der Waals surface area contributed by atoms with Gasteiger partial charge in [0.25, 0.3) is 10.0 Å². The lowest BCUT2D eigenvalue weighted by atomic mass is 10.0. The number of ether oxygens (including phenoxy) is 1. The Morgan fingerprint density at radius 3 is 2.12 bits per heavy atom. The van der Waals surface area contributed by atoms with E-state index in [2.05, 4.69) is 21.2 Å². The molecule has 4 aromatic carbocycles. The number of rotatable bonds is 12. The van der Waals surface area contributed by atoms with Crippen molar-refractivity contribution < 1.29 is 22.7 Å². The van der Waals surface area contributed by atoms with Crippen LogP contribution in [0.5, 0.6) is 5.75 Å². The van der Waals surface area contributed by atoms with Crippen molar-refractivity contribution in [1.82, 2.24) is 10.2 Å². The number of nitrogens with one attached hydrogen (secondary N) is 1. The Morgan fingerprint density at radius 2 is 1.49 bits per heavy atom. The van der Waals surface area contributed by atoms with E-state index in [4.69, 9.17) is 4.74 Å². The average molecular weight is 665 g/mol. The van der Waals surface area contributed by atoms with Crippen LogP contribution in [0.15, 0.2) is 112 Å². The molecule has 0 fully saturated rings. The summed E-state index contributed by atoms with van der Waals surface area (Å²) in [5.41, 5.74) is 2.75. The molecule has 1 N–H and O–H groups in total. The molecule has 0 aromatic heterocycles. The number of anilines is 1. The molecule has 0 aliphatic rings. The fraction of sp³-hybridized carbons (Fsp3) is 0.212. The van der Waals surface area contributed by atoms with Gasteiger partial charge in [-0.25, -0.2) is 8.42 Å². The molecule has 0 bridgehead atoms. The Kier molecular flexibility index (Phi) is 10.6. The molecule has 0 radical (unpaired) electrons. The third-order valence-corrected chi connectivity index (χ3v) is 9.33. The van der Waals surface area contributed by atoms with Gasteiger partial charge in [-0.1, -0.05) is 88.2 Å². The largest absolute Gasteiger partial charge is 0.495 e. The minimum Gasteiger partial charge on any atom is -0.495 e. The molecule has 2 amide bonds. The van der Waals surface area contributed by atoms with E-state index in [1.165, 1.54) is 31.2 Å². The van der Waals surface area contributed by atoms with Crippen molar-refractivity contribution in [1.29, 1.82) is 0 Å². The number of benzene rings is 4. The van der Waals surface area contributed by atoms with Gasteiger partial charge in [-0.3, -0.25) is 13.9 Å². The Hall–Kier alpha value is -4.15. The van der Waals surface area contributed by atoms with Gasteiger partial charge >= 0.3 is 0 Å². The van der Waals surface area contributed by atoms with Crippen LogP contribution in [0.3, 0.4) is 0 Å². The molecule has 10 heteroatoms. The van der Waals surface area contributed by atoms with E-state index in [1.807, 2.05) is 61.5 Å². The number of nitrogens with zero attached hydrogens (tertiary/aromatic N) is 2. The van der Waals surface area contributed by atoms with Crippen LogP contribution in [-0.4, -0.2) is 51.9 Å². The van der Waals surface area contributed by atoms with Crippen LogP contribution in [0.25, 0.3) is 0 Å². The Balaban J connectivity index is 1.81. The number of hydrogen-bond donors (Lipinski definition) is 1. The molecule has 0 saturated heterocycles. The number of halogens is 1. The topological polar surface area (TPSA) is 96.0 Å². The first-order valence-electron chi connectivity index (χ1n) is 13.7. The van der Waals surface area contributed by atoms with Crippen molar-refractivity contribution >= 4 is 43.5 Å². The molecule has 4 rings (SSSR count). The fourth-order valence-corrected chi connectivity index (χ4v) is 6.38. The standard InChI is InChI=1S/C33H34BrN3O5S/c1-24-13-19-28(20-14-24)43(40,41)37(29-11-7-8-12-31(29)42-3)23-32(38)36(22-26-15-17-27(34)18-16-26)30(33(39)35-2)21-25-9-5-4-6-10-25/h4-20,30H,21-23H2,1-3H3,(H,35,39). The number of amides is 2. The minimum absolute atomic E-state index is 0.0309. The first-order chi connectivity index (χ1) is 20.6. The Morgan fingerprint density at radius 1 is 0.860 bits per heavy atom. The molecule has 4 aromatic rings. The summed E-state index contributed by atoms with van der Waals surface area (Å²) in [6.45, 7) is 1.39. The summed E-state index contributed by atoms with van der Waals surface area (Å²) < 4.78 is 35.7. The number of methoxy groups -OCH3 is 1. The second-order valence-corrected chi connectivity index (χ2v) is 12.7. The maximum absolute atomic E-state index is 14.4. The van der Waals surface area contributed by atoms with E-state index in [9.17, 15) is 18.0 Å². The number of carbonyl (C=O) groups is 2. The smallest absolute Gasteiger partial charge is 0.264 e. The molecule has 43 heavy (non-hydrogen) atoms. The quantitative estimate of drug-likeness (QED) is 0.221. The van der Waals surface area contributed by atoms with Crippen LogP contribution in [0, 0.1) is 6.92 Å². The molecular weight excluding hydrogens is 630 g/mol. The summed E-state index contributed by atoms with van der Waals surface area (Å²) in [4.78, 5) is 29.2. The zero-order valence-electron chi connectivity index (χ0n) is 24.2. The second kappa shape index (κ2) is 14.3. The van der Waals surface area contributed by atoms with E-state index in [1.54, 1.807) is 36.4 Å². The van der Waals surface area contributed by atoms with Crippen molar-refractivity contribution in [3.8, 4) is 5.75 Å². The highest BCUT2D eigenvalue weighted by atomic mass is 79.9. The summed E-state index contributed by atoms with van der Waals surface area (Å²) in [5, 5.41) is 2.69. The predicted molar refractivity (Wildman–Crippen MR) is 171 cm³/mol. The molecule has 0 saturated carbocycles. The van der Waals surface area contributed by atoms with Crippen LogP contribution < -0.4 is 14.4 Å². The SMILES string of the molecule is CNC(=O)C(Cc1ccccc1)N(Cc1ccc(Br)cc1)C(=O)CN(c1ccccc1OC)S(=O)(=O)c1ccc(C)cc1. The highest BCUT2D eigenvalue weighted by Gasteiger charge is 2.35. The highest BCUT2D eigenvalue weighted by Crippen LogP contribution is 2.33. The lowest BCUT2D eigenvalue weighted by Crippen LogP contribution is -2.53. The summed E-state index contributed by atoms with van der Waals surface area (Å²) >= 11 is 3.44. The average Bonchev–Trinajstić information content (AvgIpc) is 3.02. The van der Waals surface area contributed by atoms with Crippen LogP contribution in [0.1, 0.15) is 16.7 Å². The van der Waals surface area contributed by atoms with Gasteiger partial charge < -0.3 is 15.0 Å². The maximum atomic E-state index is 14.4. The molecular formula is C33H34BrN3O5S. The maximum Gasteiger partial charge on any atom is 0.264 e. The van der Waals surface area contributed by atoms with E-state index in [0.29, 0.717) is 0 Å². The normalized spacial score (nSPS) is 11.8. The Labute approximate surface area is 261 Å². The van der Waals surface area contributed by atoms with E-state index < -0.39 is 28.5 Å². The first kappa shape index (κ1) is 31.8. The lowest BCUT2D eigenvalue weighted by molar-refractivity contribution is -0.139. The molecule has 0 heterocycles. The van der Waals surface area contributed by atoms with Crippen LogP contribution in [0.4, 0.5) is 5.69 Å². The molecule has 0 spiro atoms. The zero-order valence-corrected chi connectivity index (χ0v) is 26.6. The fourth-order valence-electron chi connectivity index (χ4n) is 4.69. The Bertz CT molecular complexity index is 1650. The van der Waals surface area contributed by atoms with Gasteiger partial charge in [0.15, 0.2) is 0 Å². The third kappa shape index (κ3) is 7.82. The molecule has 0 aliphatic carbocycles. The van der Waals surface area contributed by atoms with Crippen molar-refractivity contribution in [2.45, 2.75) is 30.8 Å². The van der Waals surface area contributed by atoms with Crippen LogP contribution in [0.2, 0.25) is 0 Å². The van der Waals surface area contributed by atoms with Gasteiger partial charge in [0.2, 0.25) is 11.8 Å². The number of para-hydroxylation sites is 2. The molecule has 224 valence electrons. The van der Waals surface area contributed by atoms with E-state index >= 15 is 0 Å². The van der Waals surface area contributed by atoms with Crippen molar-refractivity contribution in [2.75, 3.05) is 25.0 Å². The van der Waals surface area contributed by atoms with Crippen LogP contribution in [-0.2, 0) is 32.6 Å². The number of hydrogen-bond acceptors (Lipinski definition) is 5. The molecule has 8 nitrogen and oxygen atoms in total. The van der Waals surface area contributed by atoms with Gasteiger partial charge in [0.1, 0.15) is 18.3 Å². The van der Waals surface area contributed by atoms with Gasteiger partial charge in [-0.15, -0.1) is 0 Å². The summed E-state index contributed by atoms with van der Waals surface area (Å²) in [6.07, 6.45) is 0.238.